The quantitative estimate of drug-likeness (QED) is 0.798. The lowest BCUT2D eigenvalue weighted by Crippen LogP contribution is -2.50. The van der Waals surface area contributed by atoms with Gasteiger partial charge in [0, 0.05) is 12.6 Å². The van der Waals surface area contributed by atoms with Crippen LogP contribution in [0, 0.1) is 11.3 Å². The third-order valence-electron chi connectivity index (χ3n) is 4.60. The molecule has 18 heavy (non-hydrogen) atoms. The molecule has 2 unspecified atom stereocenters. The molecule has 1 aliphatic heterocycles. The fraction of sp³-hybridized carbons (Fsp3) is 0.929. The van der Waals surface area contributed by atoms with Crippen molar-refractivity contribution in [1.29, 1.82) is 0 Å². The molecule has 1 aliphatic carbocycles. The molecule has 104 valence electrons. The first-order valence-corrected chi connectivity index (χ1v) is 7.24. The number of carbonyl (C=O) groups is 1. The van der Waals surface area contributed by atoms with Crippen LogP contribution in [0.1, 0.15) is 45.4 Å². The minimum Gasteiger partial charge on any atom is -0.379 e. The number of hydrogen-bond acceptors (Lipinski definition) is 3. The lowest BCUT2D eigenvalue weighted by Gasteiger charge is -2.26. The smallest absolute Gasteiger partial charge is 0.229 e. The van der Waals surface area contributed by atoms with Crippen molar-refractivity contribution >= 4 is 5.91 Å². The van der Waals surface area contributed by atoms with Gasteiger partial charge < -0.3 is 15.8 Å². The van der Waals surface area contributed by atoms with Crippen molar-refractivity contribution in [3.63, 3.8) is 0 Å². The second kappa shape index (κ2) is 6.02. The summed E-state index contributed by atoms with van der Waals surface area (Å²) < 4.78 is 5.30. The van der Waals surface area contributed by atoms with E-state index < -0.39 is 5.41 Å². The molecular weight excluding hydrogens is 228 g/mol. The van der Waals surface area contributed by atoms with Gasteiger partial charge in [0.15, 0.2) is 0 Å². The van der Waals surface area contributed by atoms with Crippen molar-refractivity contribution in [2.45, 2.75) is 51.5 Å². The van der Waals surface area contributed by atoms with Gasteiger partial charge >= 0.3 is 0 Å². The first kappa shape index (κ1) is 13.8. The Hall–Kier alpha value is -0.610. The van der Waals surface area contributed by atoms with Gasteiger partial charge in [-0.05, 0) is 19.3 Å². The number of nitrogens with one attached hydrogen (secondary N) is 1. The van der Waals surface area contributed by atoms with Crippen molar-refractivity contribution in [3.8, 4) is 0 Å². The van der Waals surface area contributed by atoms with Crippen molar-refractivity contribution < 1.29 is 9.53 Å². The lowest BCUT2D eigenvalue weighted by atomic mass is 9.84. The van der Waals surface area contributed by atoms with E-state index in [-0.39, 0.29) is 11.9 Å². The molecule has 0 radical (unpaired) electrons. The minimum atomic E-state index is -0.535. The zero-order valence-electron chi connectivity index (χ0n) is 11.4. The number of hydrogen-bond donors (Lipinski definition) is 2. The van der Waals surface area contributed by atoms with Crippen LogP contribution in [0.2, 0.25) is 0 Å². The Morgan fingerprint density at radius 1 is 1.39 bits per heavy atom. The van der Waals surface area contributed by atoms with Gasteiger partial charge in [0.1, 0.15) is 0 Å². The molecule has 2 aliphatic rings. The maximum absolute atomic E-state index is 12.1. The highest BCUT2D eigenvalue weighted by Crippen LogP contribution is 2.28. The molecule has 2 fully saturated rings. The summed E-state index contributed by atoms with van der Waals surface area (Å²) in [6, 6.07) is -0.174. The van der Waals surface area contributed by atoms with Gasteiger partial charge in [-0.25, -0.2) is 0 Å². The summed E-state index contributed by atoms with van der Waals surface area (Å²) >= 11 is 0. The molecule has 0 bridgehead atoms. The van der Waals surface area contributed by atoms with E-state index in [0.717, 1.165) is 18.9 Å². The van der Waals surface area contributed by atoms with Gasteiger partial charge in [0.05, 0.1) is 18.6 Å². The van der Waals surface area contributed by atoms with Crippen LogP contribution < -0.4 is 11.1 Å². The van der Waals surface area contributed by atoms with Gasteiger partial charge in [-0.3, -0.25) is 4.79 Å². The molecule has 0 aromatic heterocycles. The maximum atomic E-state index is 12.1. The number of ether oxygens (including phenoxy) is 1. The molecule has 1 saturated carbocycles. The molecule has 1 amide bonds. The van der Waals surface area contributed by atoms with Crippen LogP contribution in [0.4, 0.5) is 0 Å². The summed E-state index contributed by atoms with van der Waals surface area (Å²) in [4.78, 5) is 12.1. The topological polar surface area (TPSA) is 64.3 Å². The Morgan fingerprint density at radius 3 is 2.72 bits per heavy atom. The first-order valence-electron chi connectivity index (χ1n) is 7.24. The van der Waals surface area contributed by atoms with Crippen LogP contribution in [-0.4, -0.2) is 31.7 Å². The third-order valence-corrected chi connectivity index (χ3v) is 4.60. The van der Waals surface area contributed by atoms with Gasteiger partial charge in [0.2, 0.25) is 5.91 Å². The number of rotatable bonds is 4. The Bertz CT molecular complexity index is 290. The zero-order valence-corrected chi connectivity index (χ0v) is 11.4. The molecule has 0 spiro atoms. The summed E-state index contributed by atoms with van der Waals surface area (Å²) in [5.41, 5.74) is 5.41. The van der Waals surface area contributed by atoms with Crippen LogP contribution in [-0.2, 0) is 9.53 Å². The molecule has 1 heterocycles. The maximum Gasteiger partial charge on any atom is 0.229 e. The van der Waals surface area contributed by atoms with E-state index >= 15 is 0 Å². The highest BCUT2D eigenvalue weighted by molar-refractivity contribution is 5.83. The fourth-order valence-electron chi connectivity index (χ4n) is 2.99. The second-order valence-electron chi connectivity index (χ2n) is 6.09. The minimum absolute atomic E-state index is 0.0586. The Labute approximate surface area is 110 Å². The number of amides is 1. The molecule has 0 aromatic rings. The Kier molecular flexibility index (Phi) is 4.62. The zero-order chi connectivity index (χ0) is 13.0. The number of nitrogens with two attached hydrogens (primary N) is 1. The molecule has 3 N–H and O–H groups in total. The van der Waals surface area contributed by atoms with E-state index in [1.807, 2.05) is 6.92 Å². The summed E-state index contributed by atoms with van der Waals surface area (Å²) in [5.74, 6) is 0.865. The van der Waals surface area contributed by atoms with Gasteiger partial charge in [0.25, 0.3) is 0 Å². The van der Waals surface area contributed by atoms with Crippen molar-refractivity contribution in [2.24, 2.45) is 17.1 Å². The van der Waals surface area contributed by atoms with E-state index in [4.69, 9.17) is 10.5 Å². The SMILES string of the molecule is CC1(C(=O)NCCC2CCCCC2)COCC1N. The van der Waals surface area contributed by atoms with E-state index in [1.165, 1.54) is 32.1 Å². The normalized spacial score (nSPS) is 33.6. The average Bonchev–Trinajstić information content (AvgIpc) is 2.72. The predicted molar refractivity (Wildman–Crippen MR) is 71.1 cm³/mol. The number of carbonyl (C=O) groups excluding carboxylic acids is 1. The second-order valence-corrected chi connectivity index (χ2v) is 6.09. The van der Waals surface area contributed by atoms with Crippen molar-refractivity contribution in [1.82, 2.24) is 5.32 Å². The molecular formula is C14H26N2O2. The predicted octanol–water partition coefficient (Wildman–Crippen LogP) is 1.44. The van der Waals surface area contributed by atoms with E-state index in [2.05, 4.69) is 5.32 Å². The van der Waals surface area contributed by atoms with E-state index in [9.17, 15) is 4.79 Å². The van der Waals surface area contributed by atoms with Crippen molar-refractivity contribution in [3.05, 3.63) is 0 Å². The molecule has 2 rings (SSSR count). The molecule has 1 saturated heterocycles. The Balaban J connectivity index is 1.71. The summed E-state index contributed by atoms with van der Waals surface area (Å²) in [6.07, 6.45) is 7.86. The van der Waals surface area contributed by atoms with Crippen LogP contribution >= 0.6 is 0 Å². The van der Waals surface area contributed by atoms with Gasteiger partial charge in [-0.2, -0.15) is 0 Å². The highest BCUT2D eigenvalue weighted by atomic mass is 16.5. The molecule has 2 atom stereocenters. The molecule has 4 heteroatoms. The van der Waals surface area contributed by atoms with Crippen LogP contribution in [0.3, 0.4) is 0 Å². The van der Waals surface area contributed by atoms with Gasteiger partial charge in [-0.1, -0.05) is 32.1 Å². The average molecular weight is 254 g/mol. The van der Waals surface area contributed by atoms with E-state index in [1.54, 1.807) is 0 Å². The summed E-state index contributed by atoms with van der Waals surface area (Å²) in [7, 11) is 0. The van der Waals surface area contributed by atoms with Crippen LogP contribution in [0.15, 0.2) is 0 Å². The Morgan fingerprint density at radius 2 is 2.11 bits per heavy atom. The summed E-state index contributed by atoms with van der Waals surface area (Å²) in [6.45, 7) is 3.63. The van der Waals surface area contributed by atoms with Gasteiger partial charge in [-0.15, -0.1) is 0 Å². The monoisotopic (exact) mass is 254 g/mol. The third kappa shape index (κ3) is 3.04. The first-order chi connectivity index (χ1) is 8.63. The lowest BCUT2D eigenvalue weighted by molar-refractivity contribution is -0.130. The van der Waals surface area contributed by atoms with Crippen LogP contribution in [0.5, 0.6) is 0 Å². The molecule has 0 aromatic carbocycles. The molecule has 4 nitrogen and oxygen atoms in total. The summed E-state index contributed by atoms with van der Waals surface area (Å²) in [5, 5.41) is 3.04. The highest BCUT2D eigenvalue weighted by Gasteiger charge is 2.44. The largest absolute Gasteiger partial charge is 0.379 e. The van der Waals surface area contributed by atoms with Crippen LogP contribution in [0.25, 0.3) is 0 Å². The fourth-order valence-corrected chi connectivity index (χ4v) is 2.99. The van der Waals surface area contributed by atoms with E-state index in [0.29, 0.717) is 13.2 Å². The van der Waals surface area contributed by atoms with Crippen molar-refractivity contribution in [2.75, 3.05) is 19.8 Å². The standard InChI is InChI=1S/C14H26N2O2/c1-14(10-18-9-12(14)15)13(17)16-8-7-11-5-3-2-4-6-11/h11-12H,2-10,15H2,1H3,(H,16,17).